The molecule has 2 aliphatic heterocycles. The Bertz CT molecular complexity index is 991. The molecule has 1 aromatic carbocycles. The van der Waals surface area contributed by atoms with E-state index in [1.165, 1.54) is 21.1 Å². The summed E-state index contributed by atoms with van der Waals surface area (Å²) in [6, 6.07) is 6.54. The lowest BCUT2D eigenvalue weighted by atomic mass is 10.2. The van der Waals surface area contributed by atoms with Gasteiger partial charge in [-0.15, -0.1) is 0 Å². The number of carbonyl (C=O) groups is 1. The lowest BCUT2D eigenvalue weighted by Gasteiger charge is -2.18. The Balaban J connectivity index is 1.54. The van der Waals surface area contributed by atoms with Crippen LogP contribution in [0.15, 0.2) is 35.4 Å². The van der Waals surface area contributed by atoms with Crippen molar-refractivity contribution in [1.82, 2.24) is 8.87 Å². The molecular weight excluding hydrogens is 382 g/mol. The molecule has 0 spiro atoms. The van der Waals surface area contributed by atoms with Crippen molar-refractivity contribution < 1.29 is 22.7 Å². The van der Waals surface area contributed by atoms with Crippen molar-refractivity contribution in [3.63, 3.8) is 0 Å². The zero-order valence-electron chi connectivity index (χ0n) is 15.7. The van der Waals surface area contributed by atoms with E-state index >= 15 is 0 Å². The monoisotopic (exact) mass is 405 g/mol. The minimum Gasteiger partial charge on any atom is -0.454 e. The predicted molar refractivity (Wildman–Crippen MR) is 103 cm³/mol. The molecule has 2 aromatic rings. The van der Waals surface area contributed by atoms with E-state index in [4.69, 9.17) is 9.47 Å². The quantitative estimate of drug-likeness (QED) is 0.844. The zero-order valence-corrected chi connectivity index (χ0v) is 16.5. The van der Waals surface area contributed by atoms with Crippen LogP contribution in [0.2, 0.25) is 0 Å². The number of anilines is 1. The third-order valence-corrected chi connectivity index (χ3v) is 6.91. The number of amides is 1. The fraction of sp³-hybridized carbons (Fsp3) is 0.421. The molecule has 8 nitrogen and oxygen atoms in total. The summed E-state index contributed by atoms with van der Waals surface area (Å²) >= 11 is 0. The number of fused-ring (bicyclic) bond motifs is 1. The van der Waals surface area contributed by atoms with E-state index < -0.39 is 15.9 Å². The fourth-order valence-electron chi connectivity index (χ4n) is 3.50. The molecule has 0 atom stereocenters. The van der Waals surface area contributed by atoms with Crippen molar-refractivity contribution in [2.45, 2.75) is 30.6 Å². The second-order valence-corrected chi connectivity index (χ2v) is 8.95. The Morgan fingerprint density at radius 3 is 2.50 bits per heavy atom. The highest BCUT2D eigenvalue weighted by Gasteiger charge is 2.28. The number of rotatable bonds is 4. The molecule has 0 aliphatic carbocycles. The number of hydrogen-bond donors (Lipinski definition) is 1. The number of nitrogens with zero attached hydrogens (tertiary/aromatic N) is 2. The third-order valence-electron chi connectivity index (χ3n) is 5.05. The number of ether oxygens (including phenoxy) is 2. The van der Waals surface area contributed by atoms with Gasteiger partial charge >= 0.3 is 0 Å². The maximum atomic E-state index is 13.0. The zero-order chi connectivity index (χ0) is 19.7. The number of carbonyl (C=O) groups excluding carboxylic acids is 1. The SMILES string of the molecule is Cn1cc(S(=O)(=O)N2CCCCCC2)cc1C(=O)Nc1ccc2c(c1)OCO2. The number of nitrogens with one attached hydrogen (secondary N) is 1. The molecule has 1 saturated heterocycles. The first-order valence-electron chi connectivity index (χ1n) is 9.33. The maximum absolute atomic E-state index is 13.0. The van der Waals surface area contributed by atoms with Gasteiger partial charge in [0.2, 0.25) is 16.8 Å². The van der Waals surface area contributed by atoms with Crippen LogP contribution in [0.3, 0.4) is 0 Å². The van der Waals surface area contributed by atoms with Gasteiger partial charge < -0.3 is 19.4 Å². The summed E-state index contributed by atoms with van der Waals surface area (Å²) < 4.78 is 39.6. The summed E-state index contributed by atoms with van der Waals surface area (Å²) in [6.45, 7) is 1.20. The molecule has 1 aromatic heterocycles. The normalized spacial score (nSPS) is 17.3. The molecule has 150 valence electrons. The van der Waals surface area contributed by atoms with E-state index in [0.717, 1.165) is 25.7 Å². The van der Waals surface area contributed by atoms with Gasteiger partial charge in [-0.05, 0) is 31.0 Å². The molecule has 1 fully saturated rings. The van der Waals surface area contributed by atoms with Crippen LogP contribution in [0.4, 0.5) is 5.69 Å². The van der Waals surface area contributed by atoms with Crippen LogP contribution < -0.4 is 14.8 Å². The predicted octanol–water partition coefficient (Wildman–Crippen LogP) is 2.57. The number of benzene rings is 1. The molecule has 0 radical (unpaired) electrons. The molecule has 0 bridgehead atoms. The second-order valence-electron chi connectivity index (χ2n) is 7.01. The number of sulfonamides is 1. The Morgan fingerprint density at radius 1 is 1.04 bits per heavy atom. The first kappa shape index (κ1) is 18.8. The summed E-state index contributed by atoms with van der Waals surface area (Å²) in [5.41, 5.74) is 0.818. The number of hydrogen-bond acceptors (Lipinski definition) is 5. The smallest absolute Gasteiger partial charge is 0.272 e. The van der Waals surface area contributed by atoms with Crippen LogP contribution in [-0.4, -0.2) is 43.1 Å². The average Bonchev–Trinajstić information content (AvgIpc) is 3.18. The molecule has 9 heteroatoms. The van der Waals surface area contributed by atoms with Crippen LogP contribution in [0.25, 0.3) is 0 Å². The van der Waals surface area contributed by atoms with Crippen molar-refractivity contribution in [2.75, 3.05) is 25.2 Å². The maximum Gasteiger partial charge on any atom is 0.272 e. The van der Waals surface area contributed by atoms with E-state index in [1.807, 2.05) is 0 Å². The van der Waals surface area contributed by atoms with E-state index in [1.54, 1.807) is 25.2 Å². The van der Waals surface area contributed by atoms with Gasteiger partial charge in [-0.1, -0.05) is 12.8 Å². The highest BCUT2D eigenvalue weighted by molar-refractivity contribution is 7.89. The van der Waals surface area contributed by atoms with Gasteiger partial charge in [0.25, 0.3) is 5.91 Å². The summed E-state index contributed by atoms with van der Waals surface area (Å²) in [4.78, 5) is 12.8. The molecule has 0 saturated carbocycles. The van der Waals surface area contributed by atoms with Gasteiger partial charge in [-0.25, -0.2) is 8.42 Å². The Morgan fingerprint density at radius 2 is 1.75 bits per heavy atom. The fourth-order valence-corrected chi connectivity index (χ4v) is 5.09. The van der Waals surface area contributed by atoms with Crippen LogP contribution in [0, 0.1) is 0 Å². The summed E-state index contributed by atoms with van der Waals surface area (Å²) in [5, 5.41) is 2.78. The van der Waals surface area contributed by atoms with Crippen molar-refractivity contribution in [2.24, 2.45) is 7.05 Å². The van der Waals surface area contributed by atoms with E-state index in [-0.39, 0.29) is 17.4 Å². The molecule has 1 amide bonds. The van der Waals surface area contributed by atoms with E-state index in [2.05, 4.69) is 5.32 Å². The summed E-state index contributed by atoms with van der Waals surface area (Å²) in [6.07, 6.45) is 5.32. The summed E-state index contributed by atoms with van der Waals surface area (Å²) in [5.74, 6) is 0.801. The molecule has 4 rings (SSSR count). The minimum absolute atomic E-state index is 0.146. The van der Waals surface area contributed by atoms with E-state index in [9.17, 15) is 13.2 Å². The standard InChI is InChI=1S/C19H23N3O5S/c1-21-12-15(28(24,25)22-8-4-2-3-5-9-22)11-16(21)19(23)20-14-6-7-17-18(10-14)27-13-26-17/h6-7,10-12H,2-5,8-9,13H2,1H3,(H,20,23). The van der Waals surface area contributed by atoms with Crippen molar-refractivity contribution >= 4 is 21.6 Å². The van der Waals surface area contributed by atoms with Crippen LogP contribution >= 0.6 is 0 Å². The molecule has 0 unspecified atom stereocenters. The summed E-state index contributed by atoms with van der Waals surface area (Å²) in [7, 11) is -1.94. The van der Waals surface area contributed by atoms with Gasteiger partial charge in [0.05, 0.1) is 0 Å². The molecule has 1 N–H and O–H groups in total. The first-order chi connectivity index (χ1) is 13.4. The lowest BCUT2D eigenvalue weighted by Crippen LogP contribution is -2.31. The van der Waals surface area contributed by atoms with Crippen LogP contribution in [0.1, 0.15) is 36.2 Å². The largest absolute Gasteiger partial charge is 0.454 e. The van der Waals surface area contributed by atoms with Gasteiger partial charge in [0.1, 0.15) is 10.6 Å². The molecule has 28 heavy (non-hydrogen) atoms. The first-order valence-corrected chi connectivity index (χ1v) is 10.8. The lowest BCUT2D eigenvalue weighted by molar-refractivity contribution is 0.101. The third kappa shape index (κ3) is 3.59. The average molecular weight is 405 g/mol. The second kappa shape index (κ2) is 7.48. The van der Waals surface area contributed by atoms with Crippen molar-refractivity contribution in [1.29, 1.82) is 0 Å². The van der Waals surface area contributed by atoms with Gasteiger partial charge in [0.15, 0.2) is 11.5 Å². The van der Waals surface area contributed by atoms with Gasteiger partial charge in [-0.2, -0.15) is 4.31 Å². The molecule has 3 heterocycles. The highest BCUT2D eigenvalue weighted by Crippen LogP contribution is 2.34. The van der Waals surface area contributed by atoms with Crippen molar-refractivity contribution in [3.05, 3.63) is 36.2 Å². The van der Waals surface area contributed by atoms with Crippen molar-refractivity contribution in [3.8, 4) is 11.5 Å². The number of aryl methyl sites for hydroxylation is 1. The minimum atomic E-state index is -3.61. The van der Waals surface area contributed by atoms with E-state index in [0.29, 0.717) is 30.3 Å². The Labute approximate surface area is 164 Å². The Kier molecular flexibility index (Phi) is 5.03. The van der Waals surface area contributed by atoms with Gasteiger partial charge in [0, 0.05) is 38.1 Å². The number of aromatic nitrogens is 1. The van der Waals surface area contributed by atoms with Crippen LogP contribution in [0.5, 0.6) is 11.5 Å². The highest BCUT2D eigenvalue weighted by atomic mass is 32.2. The molecular formula is C19H23N3O5S. The molecule has 2 aliphatic rings. The topological polar surface area (TPSA) is 89.9 Å². The Hall–Kier alpha value is -2.52. The van der Waals surface area contributed by atoms with Gasteiger partial charge in [-0.3, -0.25) is 4.79 Å². The van der Waals surface area contributed by atoms with Crippen LogP contribution in [-0.2, 0) is 17.1 Å².